The molecule has 0 saturated heterocycles. The van der Waals surface area contributed by atoms with Gasteiger partial charge in [0.2, 0.25) is 19.9 Å². The van der Waals surface area contributed by atoms with Crippen LogP contribution in [0.5, 0.6) is 0 Å². The molecule has 51 heavy (non-hydrogen) atoms. The molecule has 1 amide bonds. The summed E-state index contributed by atoms with van der Waals surface area (Å²) in [6, 6.07) is 29.0. The van der Waals surface area contributed by atoms with Crippen molar-refractivity contribution in [3.8, 4) is 0 Å². The maximum absolute atomic E-state index is 13.3. The van der Waals surface area contributed by atoms with Crippen molar-refractivity contribution >= 4 is 59.7 Å². The number of carbonyl (C=O) groups excluding carboxylic acids is 2. The standard InChI is InChI=1S/C36H34N4O8S3/c41-35(14-6-9-25-39-23-7-1-8-24-39)49-34-13-5-3-11-32(34)36(42)37-28-15-19-30(20-16-28)51(47,48)31-21-17-29(18-22-31)38-50(45,46)26-27-10-2-4-12-33(27)40(43)44/h1-5,7-8,10-13,15-24,38,43H,6,9,14,25-26H2,(H,37,42). The molecular weight excluding hydrogens is 713 g/mol. The molecule has 3 N–H and O–H groups in total. The van der Waals surface area contributed by atoms with Gasteiger partial charge in [0.25, 0.3) is 5.91 Å². The molecule has 15 heteroatoms. The first-order chi connectivity index (χ1) is 24.4. The molecule has 4 aromatic carbocycles. The number of nitrogens with one attached hydrogen (secondary N) is 2. The van der Waals surface area contributed by atoms with Crippen molar-refractivity contribution in [2.75, 3.05) is 15.3 Å². The minimum absolute atomic E-state index is 0.0472. The fourth-order valence-electron chi connectivity index (χ4n) is 5.06. The van der Waals surface area contributed by atoms with Gasteiger partial charge in [-0.1, -0.05) is 48.2 Å². The normalized spacial score (nSPS) is 11.5. The molecule has 0 saturated carbocycles. The summed E-state index contributed by atoms with van der Waals surface area (Å²) in [6.07, 6.45) is 5.87. The number of hydrogen-bond acceptors (Lipinski definition) is 10. The first kappa shape index (κ1) is 37.2. The van der Waals surface area contributed by atoms with Crippen LogP contribution in [0.1, 0.15) is 35.2 Å². The number of anilines is 3. The molecule has 0 aliphatic heterocycles. The number of aryl methyl sites for hydroxylation is 1. The van der Waals surface area contributed by atoms with E-state index in [4.69, 9.17) is 0 Å². The highest BCUT2D eigenvalue weighted by Gasteiger charge is 2.20. The summed E-state index contributed by atoms with van der Waals surface area (Å²) in [4.78, 5) is 26.3. The van der Waals surface area contributed by atoms with Crippen molar-refractivity contribution in [3.05, 3.63) is 144 Å². The second-order valence-electron chi connectivity index (χ2n) is 11.3. The van der Waals surface area contributed by atoms with E-state index < -0.39 is 36.7 Å². The average Bonchev–Trinajstić information content (AvgIpc) is 3.11. The number of aromatic nitrogens is 1. The van der Waals surface area contributed by atoms with Crippen LogP contribution >= 0.6 is 11.8 Å². The zero-order valence-electron chi connectivity index (χ0n) is 27.1. The SMILES string of the molecule is O=C(CCCC[n+]1ccccc1)Sc1ccccc1C(=O)Nc1ccc(S(=O)(=O)c2ccc(NS(=O)(=O)Cc3ccccc3N([O-])O)cc2)cc1. The molecule has 0 radical (unpaired) electrons. The monoisotopic (exact) mass is 746 g/mol. The first-order valence-corrected chi connectivity index (χ1v) is 19.6. The fraction of sp³-hybridized carbons (Fsp3) is 0.139. The Morgan fingerprint density at radius 1 is 0.745 bits per heavy atom. The third-order valence-corrected chi connectivity index (χ3v) is 11.6. The van der Waals surface area contributed by atoms with Gasteiger partial charge < -0.3 is 15.8 Å². The largest absolute Gasteiger partial charge is 0.733 e. The lowest BCUT2D eigenvalue weighted by atomic mass is 10.2. The molecule has 0 bridgehead atoms. The molecule has 264 valence electrons. The van der Waals surface area contributed by atoms with E-state index in [1.54, 1.807) is 24.3 Å². The van der Waals surface area contributed by atoms with Crippen LogP contribution in [-0.2, 0) is 37.0 Å². The van der Waals surface area contributed by atoms with Crippen LogP contribution in [0.25, 0.3) is 0 Å². The van der Waals surface area contributed by atoms with Crippen LogP contribution in [0.4, 0.5) is 17.1 Å². The summed E-state index contributed by atoms with van der Waals surface area (Å²) >= 11 is 1.02. The van der Waals surface area contributed by atoms with Crippen molar-refractivity contribution in [1.29, 1.82) is 0 Å². The number of pyridine rings is 1. The van der Waals surface area contributed by atoms with Gasteiger partial charge in [0.05, 0.1) is 26.8 Å². The predicted molar refractivity (Wildman–Crippen MR) is 194 cm³/mol. The molecular formula is C36H34N4O8S3. The number of benzene rings is 4. The summed E-state index contributed by atoms with van der Waals surface area (Å²) in [5, 5.41) is 22.9. The number of carbonyl (C=O) groups is 2. The van der Waals surface area contributed by atoms with Crippen LogP contribution < -0.4 is 19.8 Å². The van der Waals surface area contributed by atoms with Crippen molar-refractivity contribution in [1.82, 2.24) is 0 Å². The maximum Gasteiger partial charge on any atom is 0.256 e. The molecule has 1 heterocycles. The molecule has 5 aromatic rings. The van der Waals surface area contributed by atoms with Crippen LogP contribution in [0.15, 0.2) is 142 Å². The molecule has 1 aromatic heterocycles. The number of amides is 1. The Labute approximate surface area is 300 Å². The van der Waals surface area contributed by atoms with Gasteiger partial charge in [-0.3, -0.25) is 19.5 Å². The lowest BCUT2D eigenvalue weighted by Gasteiger charge is -2.24. The van der Waals surface area contributed by atoms with Crippen LogP contribution in [0, 0.1) is 5.21 Å². The zero-order chi connectivity index (χ0) is 36.4. The van der Waals surface area contributed by atoms with E-state index in [2.05, 4.69) is 14.6 Å². The van der Waals surface area contributed by atoms with Crippen molar-refractivity contribution < 1.29 is 36.2 Å². The second kappa shape index (κ2) is 16.8. The molecule has 0 aliphatic carbocycles. The summed E-state index contributed by atoms with van der Waals surface area (Å²) in [7, 11) is -8.04. The highest BCUT2D eigenvalue weighted by molar-refractivity contribution is 8.13. The average molecular weight is 747 g/mol. The van der Waals surface area contributed by atoms with E-state index >= 15 is 0 Å². The van der Waals surface area contributed by atoms with Crippen molar-refractivity contribution in [2.24, 2.45) is 0 Å². The van der Waals surface area contributed by atoms with E-state index in [0.29, 0.717) is 29.0 Å². The van der Waals surface area contributed by atoms with E-state index in [1.807, 2.05) is 30.6 Å². The van der Waals surface area contributed by atoms with Gasteiger partial charge in [0, 0.05) is 41.2 Å². The lowest BCUT2D eigenvalue weighted by molar-refractivity contribution is -0.697. The molecule has 0 aliphatic rings. The first-order valence-electron chi connectivity index (χ1n) is 15.7. The Balaban J connectivity index is 1.17. The molecule has 12 nitrogen and oxygen atoms in total. The second-order valence-corrected chi connectivity index (χ2v) is 16.1. The Kier molecular flexibility index (Phi) is 12.2. The third kappa shape index (κ3) is 10.2. The maximum atomic E-state index is 13.3. The third-order valence-electron chi connectivity index (χ3n) is 7.58. The van der Waals surface area contributed by atoms with Crippen LogP contribution in [-0.4, -0.2) is 33.1 Å². The van der Waals surface area contributed by atoms with Crippen molar-refractivity contribution in [2.45, 2.75) is 46.2 Å². The van der Waals surface area contributed by atoms with E-state index in [-0.39, 0.29) is 31.8 Å². The number of para-hydroxylation sites is 1. The van der Waals surface area contributed by atoms with E-state index in [0.717, 1.165) is 24.7 Å². The minimum Gasteiger partial charge on any atom is -0.733 e. The van der Waals surface area contributed by atoms with E-state index in [1.165, 1.54) is 72.8 Å². The molecule has 0 spiro atoms. The highest BCUT2D eigenvalue weighted by atomic mass is 32.2. The summed E-state index contributed by atoms with van der Waals surface area (Å²) in [6.45, 7) is 0.808. The quantitative estimate of drug-likeness (QED) is 0.0485. The van der Waals surface area contributed by atoms with Crippen molar-refractivity contribution in [3.63, 3.8) is 0 Å². The van der Waals surface area contributed by atoms with Crippen LogP contribution in [0.2, 0.25) is 0 Å². The number of thioether (sulfide) groups is 1. The molecule has 0 atom stereocenters. The minimum atomic E-state index is -4.03. The predicted octanol–water partition coefficient (Wildman–Crippen LogP) is 6.18. The van der Waals surface area contributed by atoms with Gasteiger partial charge in [-0.15, -0.1) is 0 Å². The molecule has 0 fully saturated rings. The number of sulfone groups is 1. The van der Waals surface area contributed by atoms with Gasteiger partial charge in [-0.05, 0) is 78.7 Å². The van der Waals surface area contributed by atoms with Gasteiger partial charge in [0.1, 0.15) is 6.54 Å². The number of unbranched alkanes of at least 4 members (excludes halogenated alkanes) is 1. The Bertz CT molecular complexity index is 2200. The highest BCUT2D eigenvalue weighted by Crippen LogP contribution is 2.28. The van der Waals surface area contributed by atoms with E-state index in [9.17, 15) is 36.8 Å². The lowest BCUT2D eigenvalue weighted by Crippen LogP contribution is -2.32. The molecule has 5 rings (SSSR count). The summed E-state index contributed by atoms with van der Waals surface area (Å²) < 4.78 is 56.5. The Hall–Kier alpha value is -5.06. The van der Waals surface area contributed by atoms with Gasteiger partial charge in [0.15, 0.2) is 17.5 Å². The Morgan fingerprint density at radius 2 is 1.35 bits per heavy atom. The summed E-state index contributed by atoms with van der Waals surface area (Å²) in [5.74, 6) is -1.06. The smallest absolute Gasteiger partial charge is 0.256 e. The topological polar surface area (TPSA) is 177 Å². The number of nitrogens with zero attached hydrogens (tertiary/aromatic N) is 2. The van der Waals surface area contributed by atoms with Gasteiger partial charge >= 0.3 is 0 Å². The fourth-order valence-corrected chi connectivity index (χ4v) is 8.45. The van der Waals surface area contributed by atoms with Gasteiger partial charge in [-0.2, -0.15) is 0 Å². The Morgan fingerprint density at radius 3 is 2.02 bits per heavy atom. The summed E-state index contributed by atoms with van der Waals surface area (Å²) in [5.41, 5.74) is 0.601. The zero-order valence-corrected chi connectivity index (χ0v) is 29.5. The number of sulfonamides is 1. The number of rotatable bonds is 15. The number of hydrogen-bond donors (Lipinski definition) is 3. The van der Waals surface area contributed by atoms with Gasteiger partial charge in [-0.25, -0.2) is 21.4 Å². The molecule has 0 unspecified atom stereocenters. The van der Waals surface area contributed by atoms with Crippen LogP contribution in [0.3, 0.4) is 0 Å².